The second kappa shape index (κ2) is 11.2. The van der Waals surface area contributed by atoms with Gasteiger partial charge in [0.05, 0.1) is 0 Å². The molecule has 0 amide bonds. The van der Waals surface area contributed by atoms with Crippen molar-refractivity contribution in [1.29, 1.82) is 0 Å². The fraction of sp³-hybridized carbons (Fsp3) is 0.600. The predicted octanol–water partition coefficient (Wildman–Crippen LogP) is 1.74. The standard InChI is InChI=1S/C3H4S2.C2H6.Bi.3H/c1-2-4-5-3-1;1-2;;;;/h1-2H,3H2;1-2H3;;;;. The molecule has 0 unspecified atom stereocenters. The zero-order valence-electron chi connectivity index (χ0n) is 5.39. The topological polar surface area (TPSA) is 0 Å². The van der Waals surface area contributed by atoms with Gasteiger partial charge in [-0.05, 0) is 5.41 Å². The van der Waals surface area contributed by atoms with E-state index in [-0.39, 0.29) is 26.2 Å². The molecule has 1 heterocycles. The van der Waals surface area contributed by atoms with Gasteiger partial charge in [-0.25, -0.2) is 0 Å². The molecule has 50 valence electrons. The summed E-state index contributed by atoms with van der Waals surface area (Å²) in [4.78, 5) is 0. The van der Waals surface area contributed by atoms with Gasteiger partial charge in [-0.15, -0.1) is 0 Å². The molecule has 8 heavy (non-hydrogen) atoms. The monoisotopic (exact) mass is 346 g/mol. The fourth-order valence-corrected chi connectivity index (χ4v) is 1.77. The SMILES string of the molecule is C1=CSSC1.CC.[BiH3]. The molecule has 0 aromatic rings. The van der Waals surface area contributed by atoms with Crippen LogP contribution in [-0.2, 0) is 0 Å². The Labute approximate surface area is 78.4 Å². The third-order valence-corrected chi connectivity index (χ3v) is 2.30. The first-order valence-corrected chi connectivity index (χ1v) is 4.81. The molecule has 0 saturated heterocycles. The van der Waals surface area contributed by atoms with E-state index >= 15 is 0 Å². The van der Waals surface area contributed by atoms with Crippen molar-refractivity contribution < 1.29 is 0 Å². The summed E-state index contributed by atoms with van der Waals surface area (Å²) in [6, 6.07) is 0. The van der Waals surface area contributed by atoms with Crippen LogP contribution in [0.1, 0.15) is 13.8 Å². The van der Waals surface area contributed by atoms with Crippen LogP contribution in [-0.4, -0.2) is 32.0 Å². The van der Waals surface area contributed by atoms with Crippen LogP contribution in [0, 0.1) is 0 Å². The molecule has 0 spiro atoms. The van der Waals surface area contributed by atoms with Crippen molar-refractivity contribution in [3.05, 3.63) is 11.5 Å². The average Bonchev–Trinajstić information content (AvgIpc) is 2.23. The zero-order valence-corrected chi connectivity index (χ0v) is 12.5. The first kappa shape index (κ1) is 12.0. The van der Waals surface area contributed by atoms with Crippen LogP contribution in [0.3, 0.4) is 0 Å². The van der Waals surface area contributed by atoms with Gasteiger partial charge in [0.1, 0.15) is 0 Å². The van der Waals surface area contributed by atoms with E-state index in [1.54, 1.807) is 0 Å². The molecule has 0 nitrogen and oxygen atoms in total. The Hall–Kier alpha value is 1.32. The van der Waals surface area contributed by atoms with Crippen LogP contribution >= 0.6 is 21.6 Å². The zero-order chi connectivity index (χ0) is 5.54. The van der Waals surface area contributed by atoms with Gasteiger partial charge in [0.2, 0.25) is 0 Å². The summed E-state index contributed by atoms with van der Waals surface area (Å²) < 4.78 is 0. The van der Waals surface area contributed by atoms with E-state index in [2.05, 4.69) is 11.5 Å². The van der Waals surface area contributed by atoms with Crippen LogP contribution in [0.25, 0.3) is 0 Å². The van der Waals surface area contributed by atoms with Crippen LogP contribution in [0.15, 0.2) is 11.5 Å². The van der Waals surface area contributed by atoms with Crippen molar-refractivity contribution >= 4 is 47.8 Å². The van der Waals surface area contributed by atoms with Crippen molar-refractivity contribution in [3.8, 4) is 0 Å². The van der Waals surface area contributed by atoms with Crippen molar-refractivity contribution in [2.45, 2.75) is 13.8 Å². The molecule has 1 rings (SSSR count). The van der Waals surface area contributed by atoms with Crippen molar-refractivity contribution in [2.75, 3.05) is 5.75 Å². The van der Waals surface area contributed by atoms with Gasteiger partial charge in [-0.2, -0.15) is 0 Å². The Morgan fingerprint density at radius 3 is 2.12 bits per heavy atom. The maximum absolute atomic E-state index is 2.16. The molecular formula is C5H13BiS2. The molecule has 0 saturated carbocycles. The molecule has 0 bridgehead atoms. The molecule has 0 fully saturated rings. The van der Waals surface area contributed by atoms with Gasteiger partial charge in [0.15, 0.2) is 0 Å². The third kappa shape index (κ3) is 7.32. The van der Waals surface area contributed by atoms with E-state index < -0.39 is 0 Å². The molecule has 0 N–H and O–H groups in total. The van der Waals surface area contributed by atoms with Crippen molar-refractivity contribution in [1.82, 2.24) is 0 Å². The first-order chi connectivity index (χ1) is 3.50. The van der Waals surface area contributed by atoms with Crippen LogP contribution < -0.4 is 0 Å². The summed E-state index contributed by atoms with van der Waals surface area (Å²) in [5.41, 5.74) is 0. The first-order valence-electron chi connectivity index (χ1n) is 2.43. The fourth-order valence-electron chi connectivity index (χ4n) is 0.196. The van der Waals surface area contributed by atoms with Crippen LogP contribution in [0.2, 0.25) is 0 Å². The van der Waals surface area contributed by atoms with E-state index in [9.17, 15) is 0 Å². The summed E-state index contributed by atoms with van der Waals surface area (Å²) in [6.07, 6.45) is 2.16. The molecular weight excluding hydrogens is 333 g/mol. The maximum atomic E-state index is 2.16. The van der Waals surface area contributed by atoms with E-state index in [0.29, 0.717) is 0 Å². The Bertz CT molecular complexity index is 48.4. The molecule has 1 aliphatic rings. The van der Waals surface area contributed by atoms with Gasteiger partial charge in [0.25, 0.3) is 0 Å². The predicted molar refractivity (Wildman–Crippen MR) is 50.5 cm³/mol. The summed E-state index contributed by atoms with van der Waals surface area (Å²) >= 11 is 0. The van der Waals surface area contributed by atoms with Gasteiger partial charge in [-0.1, -0.05) is 41.5 Å². The van der Waals surface area contributed by atoms with Gasteiger partial charge in [0, 0.05) is 5.75 Å². The number of hydrogen-bond donors (Lipinski definition) is 0. The molecule has 0 aliphatic carbocycles. The molecule has 0 aromatic heterocycles. The average molecular weight is 346 g/mol. The quantitative estimate of drug-likeness (QED) is 0.484. The van der Waals surface area contributed by atoms with Crippen molar-refractivity contribution in [3.63, 3.8) is 0 Å². The van der Waals surface area contributed by atoms with E-state index in [4.69, 9.17) is 0 Å². The van der Waals surface area contributed by atoms with Gasteiger partial charge in [-0.3, -0.25) is 0 Å². The van der Waals surface area contributed by atoms with Crippen LogP contribution in [0.5, 0.6) is 0 Å². The van der Waals surface area contributed by atoms with Crippen molar-refractivity contribution in [2.24, 2.45) is 0 Å². The molecule has 1 aliphatic heterocycles. The summed E-state index contributed by atoms with van der Waals surface area (Å²) in [6.45, 7) is 4.00. The van der Waals surface area contributed by atoms with E-state index in [1.807, 2.05) is 35.4 Å². The van der Waals surface area contributed by atoms with E-state index in [0.717, 1.165) is 0 Å². The summed E-state index contributed by atoms with van der Waals surface area (Å²) in [5, 5.41) is 2.12. The minimum atomic E-state index is 0. The second-order valence-corrected chi connectivity index (χ2v) is 3.07. The molecule has 0 aromatic carbocycles. The van der Waals surface area contributed by atoms with E-state index in [1.165, 1.54) is 5.75 Å². The Kier molecular flexibility index (Phi) is 16.8. The normalized spacial score (nSPS) is 13.8. The second-order valence-electron chi connectivity index (χ2n) is 0.753. The Morgan fingerprint density at radius 2 is 2.00 bits per heavy atom. The molecule has 3 heteroatoms. The Balaban J connectivity index is 0. The summed E-state index contributed by atoms with van der Waals surface area (Å²) in [5.74, 6) is 1.20. The third-order valence-electron chi connectivity index (χ3n) is 0.384. The molecule has 0 atom stereocenters. The summed E-state index contributed by atoms with van der Waals surface area (Å²) in [7, 11) is 3.69. The number of hydrogen-bond acceptors (Lipinski definition) is 2. The number of rotatable bonds is 0. The Morgan fingerprint density at radius 1 is 1.38 bits per heavy atom. The minimum absolute atomic E-state index is 0. The molecule has 0 radical (unpaired) electrons. The van der Waals surface area contributed by atoms with Crippen LogP contribution in [0.4, 0.5) is 0 Å². The van der Waals surface area contributed by atoms with Gasteiger partial charge >= 0.3 is 26.2 Å². The van der Waals surface area contributed by atoms with Gasteiger partial charge < -0.3 is 0 Å².